The van der Waals surface area contributed by atoms with Gasteiger partial charge in [0.15, 0.2) is 0 Å². The van der Waals surface area contributed by atoms with E-state index in [0.717, 1.165) is 25.7 Å². The highest BCUT2D eigenvalue weighted by Crippen LogP contribution is 2.23. The molecular weight excluding hydrogens is 308 g/mol. The van der Waals surface area contributed by atoms with Gasteiger partial charge in [-0.1, -0.05) is 40.2 Å². The standard InChI is InChI=1S/C15H9BrOS/c16-13-6-5-10-8-12(4-3-11(10)9-13)15(17)14-2-1-7-18-14/h1-9H. The van der Waals surface area contributed by atoms with Crippen LogP contribution in [0.3, 0.4) is 0 Å². The summed E-state index contributed by atoms with van der Waals surface area (Å²) in [5.74, 6) is 0.0924. The molecule has 2 aromatic carbocycles. The maximum Gasteiger partial charge on any atom is 0.202 e. The van der Waals surface area contributed by atoms with E-state index in [1.54, 1.807) is 0 Å². The van der Waals surface area contributed by atoms with Gasteiger partial charge in [-0.3, -0.25) is 4.79 Å². The molecule has 0 bridgehead atoms. The van der Waals surface area contributed by atoms with Gasteiger partial charge >= 0.3 is 0 Å². The average molecular weight is 317 g/mol. The molecule has 3 rings (SSSR count). The zero-order valence-electron chi connectivity index (χ0n) is 9.39. The predicted octanol–water partition coefficient (Wildman–Crippen LogP) is 4.89. The van der Waals surface area contributed by atoms with Gasteiger partial charge in [-0.25, -0.2) is 0 Å². The minimum atomic E-state index is 0.0924. The van der Waals surface area contributed by atoms with Crippen LogP contribution in [0.25, 0.3) is 10.8 Å². The molecule has 0 amide bonds. The van der Waals surface area contributed by atoms with Crippen molar-refractivity contribution in [2.75, 3.05) is 0 Å². The first-order valence-corrected chi connectivity index (χ1v) is 7.19. The maximum atomic E-state index is 12.2. The number of carbonyl (C=O) groups is 1. The van der Waals surface area contributed by atoms with Crippen LogP contribution >= 0.6 is 27.3 Å². The van der Waals surface area contributed by atoms with E-state index in [4.69, 9.17) is 0 Å². The van der Waals surface area contributed by atoms with E-state index in [1.165, 1.54) is 11.3 Å². The summed E-state index contributed by atoms with van der Waals surface area (Å²) in [4.78, 5) is 13.0. The molecule has 1 aromatic heterocycles. The second kappa shape index (κ2) is 4.67. The first kappa shape index (κ1) is 11.6. The van der Waals surface area contributed by atoms with E-state index in [9.17, 15) is 4.79 Å². The van der Waals surface area contributed by atoms with E-state index in [0.29, 0.717) is 0 Å². The summed E-state index contributed by atoms with van der Waals surface area (Å²) in [5.41, 5.74) is 0.743. The number of ketones is 1. The average Bonchev–Trinajstić information content (AvgIpc) is 2.91. The molecule has 0 N–H and O–H groups in total. The van der Waals surface area contributed by atoms with Gasteiger partial charge in [-0.05, 0) is 40.4 Å². The van der Waals surface area contributed by atoms with E-state index < -0.39 is 0 Å². The minimum absolute atomic E-state index is 0.0924. The lowest BCUT2D eigenvalue weighted by Gasteiger charge is -2.02. The van der Waals surface area contributed by atoms with E-state index >= 15 is 0 Å². The molecule has 0 radical (unpaired) electrons. The summed E-state index contributed by atoms with van der Waals surface area (Å²) in [7, 11) is 0. The monoisotopic (exact) mass is 316 g/mol. The highest BCUT2D eigenvalue weighted by atomic mass is 79.9. The van der Waals surface area contributed by atoms with Crippen molar-refractivity contribution in [3.05, 3.63) is 68.8 Å². The largest absolute Gasteiger partial charge is 0.288 e. The van der Waals surface area contributed by atoms with Crippen LogP contribution in [0, 0.1) is 0 Å². The fourth-order valence-corrected chi connectivity index (χ4v) is 2.97. The van der Waals surface area contributed by atoms with Crippen molar-refractivity contribution in [1.82, 2.24) is 0 Å². The first-order chi connectivity index (χ1) is 8.74. The van der Waals surface area contributed by atoms with Crippen LogP contribution in [-0.4, -0.2) is 5.78 Å². The molecule has 0 aliphatic heterocycles. The number of halogens is 1. The lowest BCUT2D eigenvalue weighted by atomic mass is 10.0. The van der Waals surface area contributed by atoms with Crippen molar-refractivity contribution in [3.63, 3.8) is 0 Å². The van der Waals surface area contributed by atoms with Gasteiger partial charge in [0.2, 0.25) is 5.78 Å². The molecule has 0 spiro atoms. The molecule has 0 atom stereocenters. The Hall–Kier alpha value is -1.45. The maximum absolute atomic E-state index is 12.2. The number of carbonyl (C=O) groups excluding carboxylic acids is 1. The van der Waals surface area contributed by atoms with Crippen LogP contribution in [-0.2, 0) is 0 Å². The summed E-state index contributed by atoms with van der Waals surface area (Å²) < 4.78 is 1.05. The van der Waals surface area contributed by atoms with Gasteiger partial charge in [-0.2, -0.15) is 0 Å². The summed E-state index contributed by atoms with van der Waals surface area (Å²) in [6, 6.07) is 15.6. The van der Waals surface area contributed by atoms with Crippen LogP contribution in [0.4, 0.5) is 0 Å². The molecule has 0 aliphatic carbocycles. The van der Waals surface area contributed by atoms with Crippen molar-refractivity contribution in [3.8, 4) is 0 Å². The lowest BCUT2D eigenvalue weighted by molar-refractivity contribution is 0.104. The van der Waals surface area contributed by atoms with Crippen LogP contribution in [0.15, 0.2) is 58.4 Å². The molecule has 1 nitrogen and oxygen atoms in total. The van der Waals surface area contributed by atoms with Gasteiger partial charge in [0.25, 0.3) is 0 Å². The molecule has 3 heteroatoms. The summed E-state index contributed by atoms with van der Waals surface area (Å²) in [5, 5.41) is 4.14. The molecule has 0 unspecified atom stereocenters. The lowest BCUT2D eigenvalue weighted by Crippen LogP contribution is -1.97. The Labute approximate surface area is 117 Å². The fourth-order valence-electron chi connectivity index (χ4n) is 1.91. The Morgan fingerprint density at radius 3 is 2.56 bits per heavy atom. The van der Waals surface area contributed by atoms with Gasteiger partial charge < -0.3 is 0 Å². The third-order valence-electron chi connectivity index (χ3n) is 2.81. The van der Waals surface area contributed by atoms with Gasteiger partial charge in [0, 0.05) is 10.0 Å². The Bertz CT molecular complexity index is 716. The first-order valence-electron chi connectivity index (χ1n) is 5.51. The molecule has 3 aromatic rings. The zero-order valence-corrected chi connectivity index (χ0v) is 11.8. The van der Waals surface area contributed by atoms with Gasteiger partial charge in [0.1, 0.15) is 0 Å². The topological polar surface area (TPSA) is 17.1 Å². The van der Waals surface area contributed by atoms with Crippen LogP contribution < -0.4 is 0 Å². The molecule has 0 fully saturated rings. The number of hydrogen-bond donors (Lipinski definition) is 0. The second-order valence-electron chi connectivity index (χ2n) is 4.01. The molecular formula is C15H9BrOS. The number of benzene rings is 2. The number of rotatable bonds is 2. The van der Waals surface area contributed by atoms with Crippen molar-refractivity contribution >= 4 is 43.8 Å². The molecule has 1 heterocycles. The van der Waals surface area contributed by atoms with Gasteiger partial charge in [-0.15, -0.1) is 11.3 Å². The van der Waals surface area contributed by atoms with E-state index in [2.05, 4.69) is 22.0 Å². The molecule has 18 heavy (non-hydrogen) atoms. The molecule has 0 saturated heterocycles. The Kier molecular flexibility index (Phi) is 3.02. The predicted molar refractivity (Wildman–Crippen MR) is 79.4 cm³/mol. The number of fused-ring (bicyclic) bond motifs is 1. The van der Waals surface area contributed by atoms with Crippen LogP contribution in [0.5, 0.6) is 0 Å². The van der Waals surface area contributed by atoms with Crippen molar-refractivity contribution in [2.45, 2.75) is 0 Å². The number of thiophene rings is 1. The Morgan fingerprint density at radius 2 is 1.78 bits per heavy atom. The summed E-state index contributed by atoms with van der Waals surface area (Å²) in [6.45, 7) is 0. The fraction of sp³-hybridized carbons (Fsp3) is 0. The van der Waals surface area contributed by atoms with Gasteiger partial charge in [0.05, 0.1) is 4.88 Å². The smallest absolute Gasteiger partial charge is 0.202 e. The Balaban J connectivity index is 2.09. The summed E-state index contributed by atoms with van der Waals surface area (Å²) >= 11 is 4.92. The van der Waals surface area contributed by atoms with Crippen LogP contribution in [0.1, 0.15) is 15.2 Å². The second-order valence-corrected chi connectivity index (χ2v) is 5.88. The van der Waals surface area contributed by atoms with Crippen LogP contribution in [0.2, 0.25) is 0 Å². The van der Waals surface area contributed by atoms with Crippen molar-refractivity contribution in [2.24, 2.45) is 0 Å². The highest BCUT2D eigenvalue weighted by molar-refractivity contribution is 9.10. The van der Waals surface area contributed by atoms with Crippen molar-refractivity contribution < 1.29 is 4.79 Å². The molecule has 0 saturated carbocycles. The minimum Gasteiger partial charge on any atom is -0.288 e. The molecule has 88 valence electrons. The third-order valence-corrected chi connectivity index (χ3v) is 4.17. The normalized spacial score (nSPS) is 10.7. The van der Waals surface area contributed by atoms with Crippen molar-refractivity contribution in [1.29, 1.82) is 0 Å². The highest BCUT2D eigenvalue weighted by Gasteiger charge is 2.10. The zero-order chi connectivity index (χ0) is 12.5. The third kappa shape index (κ3) is 2.11. The Morgan fingerprint density at radius 1 is 1.00 bits per heavy atom. The SMILES string of the molecule is O=C(c1ccc2cc(Br)ccc2c1)c1cccs1. The molecule has 0 aliphatic rings. The van der Waals surface area contributed by atoms with E-state index in [-0.39, 0.29) is 5.78 Å². The number of hydrogen-bond acceptors (Lipinski definition) is 2. The van der Waals surface area contributed by atoms with E-state index in [1.807, 2.05) is 47.8 Å². The quantitative estimate of drug-likeness (QED) is 0.615. The summed E-state index contributed by atoms with van der Waals surface area (Å²) in [6.07, 6.45) is 0.